The van der Waals surface area contributed by atoms with Crippen molar-refractivity contribution in [3.05, 3.63) is 65.6 Å². The Morgan fingerprint density at radius 2 is 1.84 bits per heavy atom. The van der Waals surface area contributed by atoms with E-state index in [1.165, 1.54) is 17.7 Å². The molecule has 1 aliphatic rings. The smallest absolute Gasteiger partial charge is 0.309 e. The Labute approximate surface area is 188 Å². The minimum atomic E-state index is -0.688. The van der Waals surface area contributed by atoms with E-state index in [4.69, 9.17) is 4.74 Å². The highest BCUT2D eigenvalue weighted by atomic mass is 19.1. The van der Waals surface area contributed by atoms with Gasteiger partial charge in [-0.3, -0.25) is 4.79 Å². The summed E-state index contributed by atoms with van der Waals surface area (Å²) in [5.74, 6) is -0.266. The number of aliphatic hydroxyl groups is 1. The van der Waals surface area contributed by atoms with Crippen molar-refractivity contribution in [2.45, 2.75) is 64.7 Å². The predicted molar refractivity (Wildman–Crippen MR) is 126 cm³/mol. The number of carbonyl (C=O) groups excluding carboxylic acids is 1. The van der Waals surface area contributed by atoms with Gasteiger partial charge in [0.1, 0.15) is 11.9 Å². The highest BCUT2D eigenvalue weighted by Crippen LogP contribution is 2.39. The van der Waals surface area contributed by atoms with Crippen LogP contribution in [0.25, 0.3) is 28.1 Å². The Morgan fingerprint density at radius 1 is 1.12 bits per heavy atom. The molecule has 0 spiro atoms. The summed E-state index contributed by atoms with van der Waals surface area (Å²) in [5.41, 5.74) is 5.28. The van der Waals surface area contributed by atoms with Crippen LogP contribution in [-0.2, 0) is 9.53 Å². The number of nitrogens with zero attached hydrogens (tertiary/aromatic N) is 1. The number of benzene rings is 2. The molecule has 32 heavy (non-hydrogen) atoms. The highest BCUT2D eigenvalue weighted by molar-refractivity contribution is 6.01. The van der Waals surface area contributed by atoms with E-state index in [0.29, 0.717) is 12.3 Å². The number of esters is 1. The van der Waals surface area contributed by atoms with Crippen LogP contribution in [0.1, 0.15) is 63.8 Å². The highest BCUT2D eigenvalue weighted by Gasteiger charge is 2.26. The van der Waals surface area contributed by atoms with Crippen LogP contribution in [0.15, 0.2) is 48.5 Å². The summed E-state index contributed by atoms with van der Waals surface area (Å²) < 4.78 is 21.4. The van der Waals surface area contributed by atoms with Gasteiger partial charge in [-0.2, -0.15) is 0 Å². The molecule has 0 saturated carbocycles. The lowest BCUT2D eigenvalue weighted by atomic mass is 9.97. The van der Waals surface area contributed by atoms with E-state index in [0.717, 1.165) is 27.7 Å². The van der Waals surface area contributed by atoms with Crippen molar-refractivity contribution in [2.75, 3.05) is 0 Å². The number of aliphatic hydroxyl groups excluding tert-OH is 1. The largest absolute Gasteiger partial charge is 0.458 e. The van der Waals surface area contributed by atoms with Crippen molar-refractivity contribution >= 4 is 22.9 Å². The average Bonchev–Trinajstić information content (AvgIpc) is 3.05. The Balaban J connectivity index is 1.93. The van der Waals surface area contributed by atoms with Crippen LogP contribution in [-0.4, -0.2) is 27.9 Å². The second-order valence-electron chi connectivity index (χ2n) is 9.14. The van der Waals surface area contributed by atoms with E-state index >= 15 is 0 Å². The van der Waals surface area contributed by atoms with Gasteiger partial charge in [0.2, 0.25) is 0 Å². The third kappa shape index (κ3) is 4.35. The zero-order valence-electron chi connectivity index (χ0n) is 19.0. The first-order valence-corrected chi connectivity index (χ1v) is 11.2. The number of aromatic nitrogens is 1. The summed E-state index contributed by atoms with van der Waals surface area (Å²) in [6.45, 7) is 8.62. The van der Waals surface area contributed by atoms with Crippen LogP contribution < -0.4 is 0 Å². The van der Waals surface area contributed by atoms with Crippen LogP contribution in [0.2, 0.25) is 0 Å². The second-order valence-corrected chi connectivity index (χ2v) is 9.14. The lowest BCUT2D eigenvalue weighted by molar-refractivity contribution is -0.156. The normalized spacial score (nSPS) is 19.4. The maximum atomic E-state index is 13.7. The first kappa shape index (κ1) is 22.3. The van der Waals surface area contributed by atoms with Crippen molar-refractivity contribution in [3.8, 4) is 11.1 Å². The fourth-order valence-corrected chi connectivity index (χ4v) is 4.47. The van der Waals surface area contributed by atoms with Crippen LogP contribution in [0, 0.1) is 5.82 Å². The molecule has 2 unspecified atom stereocenters. The summed E-state index contributed by atoms with van der Waals surface area (Å²) in [5, 5.41) is 11.1. The Morgan fingerprint density at radius 3 is 2.47 bits per heavy atom. The van der Waals surface area contributed by atoms with Gasteiger partial charge in [0.15, 0.2) is 0 Å². The van der Waals surface area contributed by atoms with Crippen LogP contribution >= 0.6 is 0 Å². The van der Waals surface area contributed by atoms with Crippen LogP contribution in [0.4, 0.5) is 4.39 Å². The summed E-state index contributed by atoms with van der Waals surface area (Å²) >= 11 is 0. The van der Waals surface area contributed by atoms with Gasteiger partial charge in [-0.25, -0.2) is 4.39 Å². The number of hydrogen-bond acceptors (Lipinski definition) is 3. The van der Waals surface area contributed by atoms with Crippen molar-refractivity contribution in [1.82, 2.24) is 4.57 Å². The molecule has 0 amide bonds. The van der Waals surface area contributed by atoms with E-state index < -0.39 is 12.2 Å². The van der Waals surface area contributed by atoms with E-state index in [2.05, 4.69) is 50.5 Å². The molecule has 1 fully saturated rings. The van der Waals surface area contributed by atoms with E-state index in [9.17, 15) is 14.3 Å². The average molecular weight is 436 g/mol. The maximum absolute atomic E-state index is 13.7. The van der Waals surface area contributed by atoms with Crippen LogP contribution in [0.5, 0.6) is 0 Å². The molecule has 2 heterocycles. The predicted octanol–water partition coefficient (Wildman–Crippen LogP) is 6.23. The number of halogens is 1. The fourth-order valence-electron chi connectivity index (χ4n) is 4.47. The molecule has 1 aliphatic heterocycles. The van der Waals surface area contributed by atoms with Gasteiger partial charge in [0.25, 0.3) is 0 Å². The quantitative estimate of drug-likeness (QED) is 0.483. The molecule has 168 valence electrons. The molecule has 3 aromatic rings. The Kier molecular flexibility index (Phi) is 6.20. The van der Waals surface area contributed by atoms with Crippen LogP contribution in [0.3, 0.4) is 0 Å². The monoisotopic (exact) mass is 435 g/mol. The van der Waals surface area contributed by atoms with Gasteiger partial charge in [-0.15, -0.1) is 0 Å². The topological polar surface area (TPSA) is 51.5 Å². The van der Waals surface area contributed by atoms with E-state index in [1.54, 1.807) is 12.1 Å². The van der Waals surface area contributed by atoms with E-state index in [-0.39, 0.29) is 24.2 Å². The summed E-state index contributed by atoms with van der Waals surface area (Å²) in [6.07, 6.45) is 3.08. The molecule has 0 bridgehead atoms. The molecular formula is C27H30FNO3. The third-order valence-electron chi connectivity index (χ3n) is 6.04. The third-order valence-corrected chi connectivity index (χ3v) is 6.04. The molecular weight excluding hydrogens is 405 g/mol. The lowest BCUT2D eigenvalue weighted by Gasteiger charge is -2.23. The number of cyclic esters (lactones) is 1. The van der Waals surface area contributed by atoms with Gasteiger partial charge < -0.3 is 14.4 Å². The minimum Gasteiger partial charge on any atom is -0.458 e. The maximum Gasteiger partial charge on any atom is 0.309 e. The zero-order valence-corrected chi connectivity index (χ0v) is 19.0. The summed E-state index contributed by atoms with van der Waals surface area (Å²) in [4.78, 5) is 11.8. The molecule has 0 radical (unpaired) electrons. The standard InChI is InChI=1S/C27H30FNO3/c1-16(2)19-7-11-23-25(13-19)29(17(3)4)24(27(23)18-5-8-20(28)9-6-18)12-10-22-14-21(30)15-26(31)32-22/h5-13,16-17,21-22,30H,14-15H2,1-4H3/b12-10+. The lowest BCUT2D eigenvalue weighted by Crippen LogP contribution is -2.31. The molecule has 1 aromatic heterocycles. The first-order chi connectivity index (χ1) is 15.2. The number of ether oxygens (including phenoxy) is 1. The van der Waals surface area contributed by atoms with Crippen molar-refractivity contribution in [2.24, 2.45) is 0 Å². The Hall–Kier alpha value is -2.92. The van der Waals surface area contributed by atoms with E-state index in [1.807, 2.05) is 12.2 Å². The van der Waals surface area contributed by atoms with Crippen molar-refractivity contribution in [1.29, 1.82) is 0 Å². The van der Waals surface area contributed by atoms with Gasteiger partial charge in [0.05, 0.1) is 12.5 Å². The molecule has 2 aromatic carbocycles. The molecule has 1 saturated heterocycles. The molecule has 5 heteroatoms. The minimum absolute atomic E-state index is 0.0371. The zero-order chi connectivity index (χ0) is 23.0. The second kappa shape index (κ2) is 8.91. The number of carbonyl (C=O) groups is 1. The summed E-state index contributed by atoms with van der Waals surface area (Å²) in [6, 6.07) is 13.2. The molecule has 2 atom stereocenters. The van der Waals surface area contributed by atoms with Gasteiger partial charge in [0, 0.05) is 34.6 Å². The molecule has 4 nitrogen and oxygen atoms in total. The Bertz CT molecular complexity index is 1160. The molecule has 1 N–H and O–H groups in total. The number of hydrogen-bond donors (Lipinski definition) is 1. The van der Waals surface area contributed by atoms with Gasteiger partial charge >= 0.3 is 5.97 Å². The summed E-state index contributed by atoms with van der Waals surface area (Å²) in [7, 11) is 0. The molecule has 4 rings (SSSR count). The SMILES string of the molecule is CC(C)c1ccc2c(-c3ccc(F)cc3)c(/C=C/C3CC(O)CC(=O)O3)n(C(C)C)c2c1. The van der Waals surface area contributed by atoms with Gasteiger partial charge in [-0.05, 0) is 61.2 Å². The first-order valence-electron chi connectivity index (χ1n) is 11.2. The van der Waals surface area contributed by atoms with Crippen molar-refractivity contribution in [3.63, 3.8) is 0 Å². The number of fused-ring (bicyclic) bond motifs is 1. The number of rotatable bonds is 5. The van der Waals surface area contributed by atoms with Crippen molar-refractivity contribution < 1.29 is 19.0 Å². The molecule has 0 aliphatic carbocycles. The van der Waals surface area contributed by atoms with Gasteiger partial charge in [-0.1, -0.05) is 38.1 Å². The fraction of sp³-hybridized carbons (Fsp3) is 0.370.